The first-order chi connectivity index (χ1) is 9.28. The van der Waals surface area contributed by atoms with Gasteiger partial charge >= 0.3 is 0 Å². The van der Waals surface area contributed by atoms with Crippen LogP contribution in [-0.4, -0.2) is 33.9 Å². The minimum Gasteiger partial charge on any atom is -0.392 e. The van der Waals surface area contributed by atoms with Crippen molar-refractivity contribution in [3.05, 3.63) is 4.60 Å². The molecule has 1 fully saturated rings. The average molecular weight is 382 g/mol. The van der Waals surface area contributed by atoms with E-state index in [0.717, 1.165) is 19.3 Å². The number of halogens is 1. The SMILES string of the molecule is Cn1nnc(Br)c1S(=O)(=O)NC1(C(N)=S)CCCCC1. The number of hydrogen-bond acceptors (Lipinski definition) is 5. The molecule has 0 unspecified atom stereocenters. The highest BCUT2D eigenvalue weighted by molar-refractivity contribution is 9.10. The van der Waals surface area contributed by atoms with Crippen molar-refractivity contribution in [1.82, 2.24) is 19.7 Å². The summed E-state index contributed by atoms with van der Waals surface area (Å²) >= 11 is 8.19. The molecule has 1 heterocycles. The Kier molecular flexibility index (Phi) is 4.47. The van der Waals surface area contributed by atoms with Crippen LogP contribution < -0.4 is 10.5 Å². The normalized spacial score (nSPS) is 18.9. The second kappa shape index (κ2) is 5.66. The predicted molar refractivity (Wildman–Crippen MR) is 81.6 cm³/mol. The minimum atomic E-state index is -3.81. The van der Waals surface area contributed by atoms with Gasteiger partial charge in [-0.2, -0.15) is 4.72 Å². The zero-order chi connectivity index (χ0) is 15.0. The fraction of sp³-hybridized carbons (Fsp3) is 0.700. The van der Waals surface area contributed by atoms with Crippen LogP contribution in [0.1, 0.15) is 32.1 Å². The summed E-state index contributed by atoms with van der Waals surface area (Å²) in [6, 6.07) is 0. The number of aryl methyl sites for hydroxylation is 1. The number of nitrogens with two attached hydrogens (primary N) is 1. The van der Waals surface area contributed by atoms with Crippen LogP contribution in [0.3, 0.4) is 0 Å². The van der Waals surface area contributed by atoms with Crippen LogP contribution in [0.4, 0.5) is 0 Å². The van der Waals surface area contributed by atoms with E-state index in [1.807, 2.05) is 0 Å². The van der Waals surface area contributed by atoms with Gasteiger partial charge < -0.3 is 5.73 Å². The highest BCUT2D eigenvalue weighted by Crippen LogP contribution is 2.31. The monoisotopic (exact) mass is 381 g/mol. The molecule has 3 N–H and O–H groups in total. The summed E-state index contributed by atoms with van der Waals surface area (Å²) in [5, 5.41) is 7.34. The quantitative estimate of drug-likeness (QED) is 0.749. The Labute approximate surface area is 131 Å². The van der Waals surface area contributed by atoms with E-state index in [-0.39, 0.29) is 14.6 Å². The van der Waals surface area contributed by atoms with Crippen molar-refractivity contribution >= 4 is 43.2 Å². The van der Waals surface area contributed by atoms with Crippen LogP contribution >= 0.6 is 28.1 Å². The molecule has 0 spiro atoms. The number of sulfonamides is 1. The Hall–Kier alpha value is -0.580. The van der Waals surface area contributed by atoms with Gasteiger partial charge in [-0.05, 0) is 28.8 Å². The summed E-state index contributed by atoms with van der Waals surface area (Å²) in [4.78, 5) is 0.187. The number of rotatable bonds is 4. The number of hydrogen-bond donors (Lipinski definition) is 2. The van der Waals surface area contributed by atoms with E-state index >= 15 is 0 Å². The lowest BCUT2D eigenvalue weighted by atomic mass is 9.82. The van der Waals surface area contributed by atoms with Gasteiger partial charge in [-0.15, -0.1) is 5.10 Å². The molecule has 1 aliphatic rings. The summed E-state index contributed by atoms with van der Waals surface area (Å²) in [7, 11) is -2.29. The summed E-state index contributed by atoms with van der Waals surface area (Å²) in [6.45, 7) is 0. The summed E-state index contributed by atoms with van der Waals surface area (Å²) in [5.74, 6) is 0. The highest BCUT2D eigenvalue weighted by Gasteiger charge is 2.40. The van der Waals surface area contributed by atoms with Crippen molar-refractivity contribution < 1.29 is 8.42 Å². The third-order valence-corrected chi connectivity index (χ3v) is 6.31. The van der Waals surface area contributed by atoms with E-state index in [4.69, 9.17) is 18.0 Å². The molecule has 0 radical (unpaired) electrons. The maximum atomic E-state index is 12.6. The van der Waals surface area contributed by atoms with E-state index in [1.165, 1.54) is 11.7 Å². The summed E-state index contributed by atoms with van der Waals surface area (Å²) in [6.07, 6.45) is 4.08. The van der Waals surface area contributed by atoms with Crippen LogP contribution in [0.25, 0.3) is 0 Å². The zero-order valence-electron chi connectivity index (χ0n) is 11.0. The molecule has 112 valence electrons. The Morgan fingerprint density at radius 1 is 1.45 bits per heavy atom. The Morgan fingerprint density at radius 3 is 2.50 bits per heavy atom. The second-order valence-electron chi connectivity index (χ2n) is 4.92. The molecule has 7 nitrogen and oxygen atoms in total. The number of aromatic nitrogens is 3. The molecule has 0 aliphatic heterocycles. The maximum Gasteiger partial charge on any atom is 0.261 e. The largest absolute Gasteiger partial charge is 0.392 e. The smallest absolute Gasteiger partial charge is 0.261 e. The predicted octanol–water partition coefficient (Wildman–Crippen LogP) is 0.845. The van der Waals surface area contributed by atoms with Gasteiger partial charge in [-0.1, -0.05) is 36.7 Å². The van der Waals surface area contributed by atoms with Crippen LogP contribution in [-0.2, 0) is 17.1 Å². The fourth-order valence-corrected chi connectivity index (χ4v) is 5.33. The zero-order valence-corrected chi connectivity index (χ0v) is 14.2. The third-order valence-electron chi connectivity index (χ3n) is 3.50. The summed E-state index contributed by atoms with van der Waals surface area (Å²) < 4.78 is 29.1. The van der Waals surface area contributed by atoms with E-state index in [0.29, 0.717) is 12.8 Å². The molecule has 2 rings (SSSR count). The minimum absolute atomic E-state index is 0.0290. The van der Waals surface area contributed by atoms with Gasteiger partial charge in [0.25, 0.3) is 10.0 Å². The van der Waals surface area contributed by atoms with Gasteiger partial charge in [-0.3, -0.25) is 0 Å². The highest BCUT2D eigenvalue weighted by atomic mass is 79.9. The molecule has 0 amide bonds. The van der Waals surface area contributed by atoms with Gasteiger partial charge in [0, 0.05) is 7.05 Å². The Balaban J connectivity index is 2.38. The summed E-state index contributed by atoms with van der Waals surface area (Å²) in [5.41, 5.74) is 4.94. The first kappa shape index (κ1) is 15.8. The van der Waals surface area contributed by atoms with Crippen molar-refractivity contribution in [2.24, 2.45) is 12.8 Å². The van der Waals surface area contributed by atoms with E-state index < -0.39 is 15.6 Å². The lowest BCUT2D eigenvalue weighted by Gasteiger charge is -2.36. The Bertz CT molecular complexity index is 602. The van der Waals surface area contributed by atoms with Gasteiger partial charge in [0.1, 0.15) is 0 Å². The average Bonchev–Trinajstić information content (AvgIpc) is 2.70. The van der Waals surface area contributed by atoms with Crippen molar-refractivity contribution in [3.8, 4) is 0 Å². The lowest BCUT2D eigenvalue weighted by Crippen LogP contribution is -2.57. The molecule has 0 atom stereocenters. The van der Waals surface area contributed by atoms with E-state index in [1.54, 1.807) is 0 Å². The van der Waals surface area contributed by atoms with Crippen LogP contribution in [0.5, 0.6) is 0 Å². The fourth-order valence-electron chi connectivity index (χ4n) is 2.47. The van der Waals surface area contributed by atoms with Crippen molar-refractivity contribution in [3.63, 3.8) is 0 Å². The molecule has 1 aromatic heterocycles. The molecule has 20 heavy (non-hydrogen) atoms. The van der Waals surface area contributed by atoms with E-state index in [2.05, 4.69) is 31.0 Å². The van der Waals surface area contributed by atoms with Gasteiger partial charge in [0.05, 0.1) is 10.5 Å². The van der Waals surface area contributed by atoms with Gasteiger partial charge in [-0.25, -0.2) is 13.1 Å². The van der Waals surface area contributed by atoms with E-state index in [9.17, 15) is 8.42 Å². The molecule has 0 bridgehead atoms. The maximum absolute atomic E-state index is 12.6. The molecule has 1 aliphatic carbocycles. The number of nitrogens with one attached hydrogen (secondary N) is 1. The molecule has 0 saturated heterocycles. The number of thiocarbonyl (C=S) groups is 1. The van der Waals surface area contributed by atoms with Gasteiger partial charge in [0.15, 0.2) is 4.60 Å². The van der Waals surface area contributed by atoms with Crippen LogP contribution in [0.2, 0.25) is 0 Å². The molecule has 10 heteroatoms. The van der Waals surface area contributed by atoms with Gasteiger partial charge in [0.2, 0.25) is 5.03 Å². The molecule has 1 saturated carbocycles. The first-order valence-corrected chi connectivity index (χ1v) is 8.86. The molecular formula is C10H16BrN5O2S2. The molecule has 1 aromatic rings. The molecule has 0 aromatic carbocycles. The first-order valence-electron chi connectivity index (χ1n) is 6.17. The Morgan fingerprint density at radius 2 is 2.05 bits per heavy atom. The standard InChI is InChI=1S/C10H16BrN5O2S2/c1-16-8(7(11)13-15-16)20(17,18)14-10(9(12)19)5-3-2-4-6-10/h14H,2-6H2,1H3,(H2,12,19). The van der Waals surface area contributed by atoms with Crippen LogP contribution in [0, 0.1) is 0 Å². The lowest BCUT2D eigenvalue weighted by molar-refractivity contribution is 0.352. The molecular weight excluding hydrogens is 366 g/mol. The topological polar surface area (TPSA) is 103 Å². The third kappa shape index (κ3) is 2.87. The van der Waals surface area contributed by atoms with Crippen LogP contribution in [0.15, 0.2) is 9.63 Å². The second-order valence-corrected chi connectivity index (χ2v) is 7.71. The van der Waals surface area contributed by atoms with Crippen molar-refractivity contribution in [2.45, 2.75) is 42.7 Å². The van der Waals surface area contributed by atoms with Crippen molar-refractivity contribution in [2.75, 3.05) is 0 Å². The van der Waals surface area contributed by atoms with Crippen molar-refractivity contribution in [1.29, 1.82) is 0 Å². The number of nitrogens with zero attached hydrogens (tertiary/aromatic N) is 3.